The summed E-state index contributed by atoms with van der Waals surface area (Å²) in [4.78, 5) is 11.0. The Labute approximate surface area is 90.0 Å². The summed E-state index contributed by atoms with van der Waals surface area (Å²) in [5.74, 6) is 2.50. The molecule has 4 aliphatic rings. The predicted molar refractivity (Wildman–Crippen MR) is 56.1 cm³/mol. The molecular formula is C12H19NO2. The van der Waals surface area contributed by atoms with Crippen LogP contribution in [-0.4, -0.2) is 17.1 Å². The molecule has 0 aliphatic heterocycles. The van der Waals surface area contributed by atoms with E-state index in [9.17, 15) is 4.79 Å². The molecule has 1 unspecified atom stereocenters. The fourth-order valence-electron chi connectivity index (χ4n) is 4.72. The summed E-state index contributed by atoms with van der Waals surface area (Å²) in [6.07, 6.45) is 6.40. The zero-order valence-electron chi connectivity index (χ0n) is 8.93. The smallest absolute Gasteiger partial charge is 0.320 e. The minimum Gasteiger partial charge on any atom is -0.480 e. The van der Waals surface area contributed by atoms with E-state index in [2.05, 4.69) is 0 Å². The van der Waals surface area contributed by atoms with E-state index >= 15 is 0 Å². The second-order valence-electron chi connectivity index (χ2n) is 5.87. The van der Waals surface area contributed by atoms with Crippen LogP contribution < -0.4 is 5.73 Å². The van der Waals surface area contributed by atoms with Crippen molar-refractivity contribution in [2.24, 2.45) is 35.3 Å². The molecule has 15 heavy (non-hydrogen) atoms. The molecule has 3 N–H and O–H groups in total. The zero-order valence-corrected chi connectivity index (χ0v) is 8.93. The second-order valence-corrected chi connectivity index (χ2v) is 5.87. The lowest BCUT2D eigenvalue weighted by molar-refractivity contribution is -0.145. The monoisotopic (exact) mass is 209 g/mol. The van der Waals surface area contributed by atoms with Gasteiger partial charge in [0.15, 0.2) is 0 Å². The van der Waals surface area contributed by atoms with E-state index in [1.54, 1.807) is 0 Å². The Morgan fingerprint density at radius 1 is 1.07 bits per heavy atom. The van der Waals surface area contributed by atoms with Crippen molar-refractivity contribution >= 4 is 5.97 Å². The normalized spacial score (nSPS) is 49.3. The highest BCUT2D eigenvalue weighted by atomic mass is 16.4. The van der Waals surface area contributed by atoms with Gasteiger partial charge < -0.3 is 10.8 Å². The van der Waals surface area contributed by atoms with Crippen LogP contribution in [0.4, 0.5) is 0 Å². The third-order valence-electron chi connectivity index (χ3n) is 5.00. The molecule has 4 rings (SSSR count). The Balaban J connectivity index is 1.83. The lowest BCUT2D eigenvalue weighted by Crippen LogP contribution is -2.54. The highest BCUT2D eigenvalue weighted by Crippen LogP contribution is 2.57. The maximum Gasteiger partial charge on any atom is 0.320 e. The SMILES string of the molecule is NC(C(=O)O)C1C2CC3CC(C2)CC1C3. The van der Waals surface area contributed by atoms with Crippen LogP contribution in [0, 0.1) is 29.6 Å². The molecule has 0 heterocycles. The van der Waals surface area contributed by atoms with Gasteiger partial charge in [-0.05, 0) is 61.7 Å². The summed E-state index contributed by atoms with van der Waals surface area (Å²) >= 11 is 0. The van der Waals surface area contributed by atoms with Crippen LogP contribution in [0.1, 0.15) is 32.1 Å². The van der Waals surface area contributed by atoms with Gasteiger partial charge in [-0.2, -0.15) is 0 Å². The minimum atomic E-state index is -0.799. The van der Waals surface area contributed by atoms with Gasteiger partial charge in [-0.1, -0.05) is 0 Å². The van der Waals surface area contributed by atoms with E-state index in [1.165, 1.54) is 32.1 Å². The van der Waals surface area contributed by atoms with Gasteiger partial charge in [0.05, 0.1) is 0 Å². The summed E-state index contributed by atoms with van der Waals surface area (Å²) in [5.41, 5.74) is 5.84. The van der Waals surface area contributed by atoms with Crippen molar-refractivity contribution in [3.05, 3.63) is 0 Å². The molecule has 0 radical (unpaired) electrons. The first kappa shape index (κ1) is 9.64. The molecule has 4 fully saturated rings. The van der Waals surface area contributed by atoms with E-state index in [-0.39, 0.29) is 5.92 Å². The molecule has 3 heteroatoms. The maximum absolute atomic E-state index is 11.0. The van der Waals surface area contributed by atoms with Crippen molar-refractivity contribution in [2.75, 3.05) is 0 Å². The number of hydrogen-bond donors (Lipinski definition) is 2. The maximum atomic E-state index is 11.0. The number of rotatable bonds is 2. The van der Waals surface area contributed by atoms with Gasteiger partial charge in [0.2, 0.25) is 0 Å². The first-order valence-electron chi connectivity index (χ1n) is 6.13. The summed E-state index contributed by atoms with van der Waals surface area (Å²) < 4.78 is 0. The highest BCUT2D eigenvalue weighted by Gasteiger charge is 2.51. The van der Waals surface area contributed by atoms with Gasteiger partial charge in [0.25, 0.3) is 0 Å². The fraction of sp³-hybridized carbons (Fsp3) is 0.917. The van der Waals surface area contributed by atoms with Crippen LogP contribution in [0.25, 0.3) is 0 Å². The molecule has 0 aromatic rings. The van der Waals surface area contributed by atoms with Crippen LogP contribution >= 0.6 is 0 Å². The van der Waals surface area contributed by atoms with Gasteiger partial charge in [-0.15, -0.1) is 0 Å². The molecule has 3 nitrogen and oxygen atoms in total. The van der Waals surface area contributed by atoms with Crippen LogP contribution in [-0.2, 0) is 4.79 Å². The number of nitrogens with two attached hydrogens (primary N) is 1. The third kappa shape index (κ3) is 1.40. The molecule has 0 aromatic carbocycles. The van der Waals surface area contributed by atoms with Gasteiger partial charge in [0, 0.05) is 0 Å². The Bertz CT molecular complexity index is 261. The number of carboxylic acids is 1. The van der Waals surface area contributed by atoms with Gasteiger partial charge in [-0.3, -0.25) is 4.79 Å². The summed E-state index contributed by atoms with van der Waals surface area (Å²) in [7, 11) is 0. The van der Waals surface area contributed by atoms with Crippen molar-refractivity contribution in [1.82, 2.24) is 0 Å². The Morgan fingerprint density at radius 3 is 1.93 bits per heavy atom. The average Bonchev–Trinajstić information content (AvgIpc) is 2.15. The summed E-state index contributed by atoms with van der Waals surface area (Å²) in [5, 5.41) is 9.04. The minimum absolute atomic E-state index is 0.273. The molecule has 0 aromatic heterocycles. The molecule has 84 valence electrons. The quantitative estimate of drug-likeness (QED) is 0.724. The number of aliphatic carboxylic acids is 1. The van der Waals surface area contributed by atoms with E-state index < -0.39 is 12.0 Å². The molecule has 0 amide bonds. The molecule has 4 bridgehead atoms. The first-order valence-corrected chi connectivity index (χ1v) is 6.13. The van der Waals surface area contributed by atoms with Gasteiger partial charge in [0.1, 0.15) is 6.04 Å². The molecular weight excluding hydrogens is 190 g/mol. The number of carbonyl (C=O) groups is 1. The first-order chi connectivity index (χ1) is 7.15. The van der Waals surface area contributed by atoms with E-state index in [0.717, 1.165) is 11.8 Å². The molecule has 4 aliphatic carbocycles. The fourth-order valence-corrected chi connectivity index (χ4v) is 4.72. The lowest BCUT2D eigenvalue weighted by atomic mass is 9.50. The summed E-state index contributed by atoms with van der Waals surface area (Å²) in [6.45, 7) is 0. The van der Waals surface area contributed by atoms with E-state index in [0.29, 0.717) is 11.8 Å². The number of carboxylic acid groups (broad SMARTS) is 1. The van der Waals surface area contributed by atoms with Crippen molar-refractivity contribution < 1.29 is 9.90 Å². The molecule has 0 spiro atoms. The summed E-state index contributed by atoms with van der Waals surface area (Å²) in [6, 6.07) is -0.611. The molecule has 1 atom stereocenters. The van der Waals surface area contributed by atoms with Crippen molar-refractivity contribution in [3.8, 4) is 0 Å². The second kappa shape index (κ2) is 3.21. The standard InChI is InChI=1S/C12H19NO2/c13-11(12(14)15)10-8-2-6-1-7(4-8)5-9(10)3-6/h6-11H,1-5,13H2,(H,14,15). The van der Waals surface area contributed by atoms with Crippen LogP contribution in [0.3, 0.4) is 0 Å². The molecule has 4 saturated carbocycles. The molecule has 0 saturated heterocycles. The van der Waals surface area contributed by atoms with Crippen molar-refractivity contribution in [3.63, 3.8) is 0 Å². The van der Waals surface area contributed by atoms with Crippen molar-refractivity contribution in [1.29, 1.82) is 0 Å². The topological polar surface area (TPSA) is 63.3 Å². The van der Waals surface area contributed by atoms with E-state index in [1.807, 2.05) is 0 Å². The Hall–Kier alpha value is -0.570. The third-order valence-corrected chi connectivity index (χ3v) is 5.00. The van der Waals surface area contributed by atoms with Gasteiger partial charge >= 0.3 is 5.97 Å². The lowest BCUT2D eigenvalue weighted by Gasteiger charge is -2.55. The van der Waals surface area contributed by atoms with Crippen molar-refractivity contribution in [2.45, 2.75) is 38.1 Å². The van der Waals surface area contributed by atoms with Crippen LogP contribution in [0.5, 0.6) is 0 Å². The largest absolute Gasteiger partial charge is 0.480 e. The highest BCUT2D eigenvalue weighted by molar-refractivity contribution is 5.73. The number of hydrogen-bond acceptors (Lipinski definition) is 2. The van der Waals surface area contributed by atoms with Gasteiger partial charge in [-0.25, -0.2) is 0 Å². The van der Waals surface area contributed by atoms with Crippen LogP contribution in [0.2, 0.25) is 0 Å². The van der Waals surface area contributed by atoms with Crippen LogP contribution in [0.15, 0.2) is 0 Å². The predicted octanol–water partition coefficient (Wildman–Crippen LogP) is 1.47. The average molecular weight is 209 g/mol. The Morgan fingerprint density at radius 2 is 1.53 bits per heavy atom. The zero-order chi connectivity index (χ0) is 10.6. The van der Waals surface area contributed by atoms with E-state index in [4.69, 9.17) is 10.8 Å². The Kier molecular flexibility index (Phi) is 2.06.